The minimum Gasteiger partial charge on any atom is -0.301 e. The number of nitrogens with zero attached hydrogens (tertiary/aromatic N) is 3. The molecule has 0 radical (unpaired) electrons. The second kappa shape index (κ2) is 7.73. The Balaban J connectivity index is 2.29. The number of nitrogens with one attached hydrogen (secondary N) is 1. The van der Waals surface area contributed by atoms with Crippen LogP contribution in [0.1, 0.15) is 33.6 Å². The summed E-state index contributed by atoms with van der Waals surface area (Å²) in [4.78, 5) is 4.96. The van der Waals surface area contributed by atoms with Gasteiger partial charge in [-0.05, 0) is 32.9 Å². The van der Waals surface area contributed by atoms with Crippen molar-refractivity contribution in [2.45, 2.75) is 39.2 Å². The van der Waals surface area contributed by atoms with Crippen molar-refractivity contribution in [2.75, 3.05) is 45.8 Å². The van der Waals surface area contributed by atoms with Crippen molar-refractivity contribution in [3.8, 4) is 6.07 Å². The Bertz CT molecular complexity index is 265. The third kappa shape index (κ3) is 4.93. The molecule has 1 aliphatic rings. The number of hydrogen-bond acceptors (Lipinski definition) is 4. The topological polar surface area (TPSA) is 42.3 Å². The highest BCUT2D eigenvalue weighted by molar-refractivity contribution is 5.04. The van der Waals surface area contributed by atoms with E-state index < -0.39 is 0 Å². The van der Waals surface area contributed by atoms with E-state index in [9.17, 15) is 5.26 Å². The third-order valence-corrected chi connectivity index (χ3v) is 3.85. The molecule has 1 heterocycles. The van der Waals surface area contributed by atoms with E-state index >= 15 is 0 Å². The van der Waals surface area contributed by atoms with Crippen LogP contribution in [0.5, 0.6) is 0 Å². The fourth-order valence-electron chi connectivity index (χ4n) is 2.30. The molecular weight excluding hydrogens is 224 g/mol. The molecule has 1 fully saturated rings. The highest BCUT2D eigenvalue weighted by atomic mass is 15.3. The summed E-state index contributed by atoms with van der Waals surface area (Å²) in [5.41, 5.74) is -0.363. The molecule has 0 aromatic rings. The summed E-state index contributed by atoms with van der Waals surface area (Å²) in [7, 11) is 0. The maximum atomic E-state index is 9.28. The minimum absolute atomic E-state index is 0.363. The van der Waals surface area contributed by atoms with Crippen molar-refractivity contribution in [3.63, 3.8) is 0 Å². The quantitative estimate of drug-likeness (QED) is 0.741. The lowest BCUT2D eigenvalue weighted by Crippen LogP contribution is -2.49. The van der Waals surface area contributed by atoms with Crippen LogP contribution in [0.4, 0.5) is 0 Å². The summed E-state index contributed by atoms with van der Waals surface area (Å²) in [6.45, 7) is 14.1. The van der Waals surface area contributed by atoms with E-state index in [2.05, 4.69) is 35.0 Å². The Labute approximate surface area is 112 Å². The SMILES string of the molecule is CCCNC(C)(C#N)CCN1CCN(CC)CC1. The Morgan fingerprint density at radius 3 is 2.28 bits per heavy atom. The van der Waals surface area contributed by atoms with Gasteiger partial charge in [-0.25, -0.2) is 0 Å². The molecule has 0 aromatic heterocycles. The van der Waals surface area contributed by atoms with Gasteiger partial charge in [0, 0.05) is 32.7 Å². The number of hydrogen-bond donors (Lipinski definition) is 1. The van der Waals surface area contributed by atoms with Crippen LogP contribution in [0.15, 0.2) is 0 Å². The van der Waals surface area contributed by atoms with E-state index in [1.54, 1.807) is 0 Å². The molecule has 1 N–H and O–H groups in total. The number of likely N-dealkylation sites (N-methyl/N-ethyl adjacent to an activating group) is 1. The molecule has 4 nitrogen and oxygen atoms in total. The first-order chi connectivity index (χ1) is 8.63. The first kappa shape index (κ1) is 15.4. The highest BCUT2D eigenvalue weighted by Gasteiger charge is 2.24. The summed E-state index contributed by atoms with van der Waals surface area (Å²) in [5, 5.41) is 12.6. The summed E-state index contributed by atoms with van der Waals surface area (Å²) in [6.07, 6.45) is 1.99. The standard InChI is InChI=1S/C14H28N4/c1-4-7-16-14(3,13-15)6-8-18-11-9-17(5-2)10-12-18/h16H,4-12H2,1-3H3. The smallest absolute Gasteiger partial charge is 0.105 e. The van der Waals surface area contributed by atoms with Gasteiger partial charge in [0.05, 0.1) is 6.07 Å². The van der Waals surface area contributed by atoms with Crippen molar-refractivity contribution in [2.24, 2.45) is 0 Å². The Morgan fingerprint density at radius 2 is 1.78 bits per heavy atom. The van der Waals surface area contributed by atoms with Gasteiger partial charge in [0.1, 0.15) is 5.54 Å². The molecule has 1 atom stereocenters. The molecule has 0 bridgehead atoms. The zero-order chi connectivity index (χ0) is 13.4. The van der Waals surface area contributed by atoms with Crippen LogP contribution >= 0.6 is 0 Å². The van der Waals surface area contributed by atoms with Crippen molar-refractivity contribution in [3.05, 3.63) is 0 Å². The molecule has 0 aliphatic carbocycles. The normalized spacial score (nSPS) is 21.4. The third-order valence-electron chi connectivity index (χ3n) is 3.85. The Morgan fingerprint density at radius 1 is 1.17 bits per heavy atom. The van der Waals surface area contributed by atoms with E-state index in [-0.39, 0.29) is 5.54 Å². The fourth-order valence-corrected chi connectivity index (χ4v) is 2.30. The average molecular weight is 252 g/mol. The molecule has 4 heteroatoms. The Hall–Kier alpha value is -0.630. The van der Waals surface area contributed by atoms with Crippen LogP contribution in [-0.4, -0.2) is 61.2 Å². The van der Waals surface area contributed by atoms with Crippen molar-refractivity contribution >= 4 is 0 Å². The van der Waals surface area contributed by atoms with Crippen LogP contribution in [0.2, 0.25) is 0 Å². The summed E-state index contributed by atoms with van der Waals surface area (Å²) in [6, 6.07) is 2.42. The molecule has 0 spiro atoms. The lowest BCUT2D eigenvalue weighted by atomic mass is 9.99. The zero-order valence-electron chi connectivity index (χ0n) is 12.2. The molecule has 104 valence electrons. The highest BCUT2D eigenvalue weighted by Crippen LogP contribution is 2.11. The summed E-state index contributed by atoms with van der Waals surface area (Å²) in [5.74, 6) is 0. The van der Waals surface area contributed by atoms with E-state index in [1.165, 1.54) is 13.1 Å². The summed E-state index contributed by atoms with van der Waals surface area (Å²) >= 11 is 0. The van der Waals surface area contributed by atoms with Crippen LogP contribution < -0.4 is 5.32 Å². The van der Waals surface area contributed by atoms with Gasteiger partial charge in [0.15, 0.2) is 0 Å². The van der Waals surface area contributed by atoms with Crippen molar-refractivity contribution in [1.82, 2.24) is 15.1 Å². The average Bonchev–Trinajstić information content (AvgIpc) is 2.43. The predicted octanol–water partition coefficient (Wildman–Crippen LogP) is 1.30. The van der Waals surface area contributed by atoms with Gasteiger partial charge in [0.2, 0.25) is 0 Å². The van der Waals surface area contributed by atoms with Crippen LogP contribution in [-0.2, 0) is 0 Å². The van der Waals surface area contributed by atoms with E-state index in [0.717, 1.165) is 45.6 Å². The molecule has 0 amide bonds. The maximum absolute atomic E-state index is 9.28. The van der Waals surface area contributed by atoms with Crippen LogP contribution in [0, 0.1) is 11.3 Å². The number of nitriles is 1. The van der Waals surface area contributed by atoms with Gasteiger partial charge in [-0.3, -0.25) is 5.32 Å². The van der Waals surface area contributed by atoms with E-state index in [4.69, 9.17) is 0 Å². The van der Waals surface area contributed by atoms with Gasteiger partial charge < -0.3 is 9.80 Å². The van der Waals surface area contributed by atoms with E-state index in [1.807, 2.05) is 6.92 Å². The molecular formula is C14H28N4. The molecule has 1 rings (SSSR count). The van der Waals surface area contributed by atoms with Gasteiger partial charge in [-0.1, -0.05) is 13.8 Å². The van der Waals surface area contributed by atoms with Gasteiger partial charge in [-0.15, -0.1) is 0 Å². The molecule has 1 saturated heterocycles. The second-order valence-corrected chi connectivity index (χ2v) is 5.40. The zero-order valence-corrected chi connectivity index (χ0v) is 12.2. The molecule has 18 heavy (non-hydrogen) atoms. The first-order valence-corrected chi connectivity index (χ1v) is 7.24. The van der Waals surface area contributed by atoms with E-state index in [0.29, 0.717) is 0 Å². The van der Waals surface area contributed by atoms with Crippen LogP contribution in [0.25, 0.3) is 0 Å². The largest absolute Gasteiger partial charge is 0.301 e. The van der Waals surface area contributed by atoms with Gasteiger partial charge >= 0.3 is 0 Å². The lowest BCUT2D eigenvalue weighted by Gasteiger charge is -2.35. The van der Waals surface area contributed by atoms with Gasteiger partial charge in [0.25, 0.3) is 0 Å². The molecule has 1 unspecified atom stereocenters. The first-order valence-electron chi connectivity index (χ1n) is 7.24. The minimum atomic E-state index is -0.363. The van der Waals surface area contributed by atoms with Gasteiger partial charge in [-0.2, -0.15) is 5.26 Å². The number of piperazine rings is 1. The maximum Gasteiger partial charge on any atom is 0.105 e. The molecule has 1 aliphatic heterocycles. The monoisotopic (exact) mass is 252 g/mol. The molecule has 0 aromatic carbocycles. The van der Waals surface area contributed by atoms with Crippen molar-refractivity contribution < 1.29 is 0 Å². The van der Waals surface area contributed by atoms with Crippen molar-refractivity contribution in [1.29, 1.82) is 5.26 Å². The second-order valence-electron chi connectivity index (χ2n) is 5.40. The lowest BCUT2D eigenvalue weighted by molar-refractivity contribution is 0.130. The molecule has 0 saturated carbocycles. The predicted molar refractivity (Wildman–Crippen MR) is 75.5 cm³/mol. The van der Waals surface area contributed by atoms with Crippen LogP contribution in [0.3, 0.4) is 0 Å². The summed E-state index contributed by atoms with van der Waals surface area (Å²) < 4.78 is 0. The fraction of sp³-hybridized carbons (Fsp3) is 0.929. The number of rotatable bonds is 7. The Kier molecular flexibility index (Phi) is 6.62.